The summed E-state index contributed by atoms with van der Waals surface area (Å²) < 4.78 is 43.8. The molecule has 1 aliphatic rings. The number of carbonyl (C=O) groups is 3. The van der Waals surface area contributed by atoms with Gasteiger partial charge in [-0.3, -0.25) is 14.4 Å². The van der Waals surface area contributed by atoms with Crippen LogP contribution in [-0.4, -0.2) is 55.3 Å². The molecule has 1 unspecified atom stereocenters. The van der Waals surface area contributed by atoms with E-state index in [1.54, 1.807) is 0 Å². The van der Waals surface area contributed by atoms with Crippen LogP contribution in [0.5, 0.6) is 0 Å². The largest absolute Gasteiger partial charge is 0.456 e. The van der Waals surface area contributed by atoms with Crippen molar-refractivity contribution in [2.45, 2.75) is 57.1 Å². The summed E-state index contributed by atoms with van der Waals surface area (Å²) in [6.07, 6.45) is -8.01. The Bertz CT molecular complexity index is 1190. The minimum Gasteiger partial charge on any atom is -0.456 e. The van der Waals surface area contributed by atoms with Gasteiger partial charge in [0.25, 0.3) is 0 Å². The van der Waals surface area contributed by atoms with Crippen molar-refractivity contribution in [1.82, 2.24) is 0 Å². The number of ether oxygens (including phenoxy) is 5. The van der Waals surface area contributed by atoms with Crippen molar-refractivity contribution in [3.8, 4) is 0 Å². The highest BCUT2D eigenvalue weighted by Gasteiger charge is 2.53. The van der Waals surface area contributed by atoms with E-state index < -0.39 is 54.3 Å². The van der Waals surface area contributed by atoms with E-state index in [2.05, 4.69) is 0 Å². The maximum absolute atomic E-state index is 15.5. The van der Waals surface area contributed by atoms with Gasteiger partial charge in [0, 0.05) is 20.8 Å². The molecule has 40 heavy (non-hydrogen) atoms. The molecule has 0 aliphatic carbocycles. The number of halogens is 1. The van der Waals surface area contributed by atoms with Crippen molar-refractivity contribution in [3.05, 3.63) is 108 Å². The Balaban J connectivity index is 1.80. The van der Waals surface area contributed by atoms with E-state index in [1.807, 2.05) is 91.0 Å². The first-order chi connectivity index (χ1) is 19.2. The third kappa shape index (κ3) is 6.38. The molecular formula is C31H31FO8. The summed E-state index contributed by atoms with van der Waals surface area (Å²) in [5, 5.41) is 0. The van der Waals surface area contributed by atoms with Crippen LogP contribution in [0.2, 0.25) is 0 Å². The molecule has 1 fully saturated rings. The predicted molar refractivity (Wildman–Crippen MR) is 142 cm³/mol. The van der Waals surface area contributed by atoms with Gasteiger partial charge in [-0.1, -0.05) is 91.0 Å². The molecule has 8 nitrogen and oxygen atoms in total. The molecule has 0 bridgehead atoms. The highest BCUT2D eigenvalue weighted by Crippen LogP contribution is 2.41. The first-order valence-electron chi connectivity index (χ1n) is 12.8. The van der Waals surface area contributed by atoms with Crippen molar-refractivity contribution in [2.24, 2.45) is 0 Å². The fraction of sp³-hybridized carbons (Fsp3) is 0.323. The minimum absolute atomic E-state index is 0.265. The average Bonchev–Trinajstić information content (AvgIpc) is 2.94. The molecule has 3 aromatic carbocycles. The summed E-state index contributed by atoms with van der Waals surface area (Å²) in [6, 6.07) is 28.5. The molecule has 0 saturated carbocycles. The van der Waals surface area contributed by atoms with Gasteiger partial charge in [0.05, 0.1) is 6.61 Å². The summed E-state index contributed by atoms with van der Waals surface area (Å²) in [7, 11) is 0. The second-order valence-corrected chi connectivity index (χ2v) is 9.34. The molecule has 1 saturated heterocycles. The Labute approximate surface area is 232 Å². The van der Waals surface area contributed by atoms with Crippen LogP contribution in [0.3, 0.4) is 0 Å². The highest BCUT2D eigenvalue weighted by molar-refractivity contribution is 5.68. The second-order valence-electron chi connectivity index (χ2n) is 9.34. The normalized spacial score (nSPS) is 22.6. The molecule has 1 heterocycles. The smallest absolute Gasteiger partial charge is 0.305 e. The van der Waals surface area contributed by atoms with Crippen LogP contribution in [-0.2, 0) is 43.7 Å². The minimum atomic E-state index is -2.12. The maximum atomic E-state index is 15.5. The third-order valence-electron chi connectivity index (χ3n) is 6.46. The molecule has 4 rings (SSSR count). The summed E-state index contributed by atoms with van der Waals surface area (Å²) in [6.45, 7) is 3.09. The average molecular weight is 551 g/mol. The van der Waals surface area contributed by atoms with Gasteiger partial charge in [-0.2, -0.15) is 0 Å². The van der Waals surface area contributed by atoms with Crippen LogP contribution in [0.4, 0.5) is 4.39 Å². The molecule has 5 atom stereocenters. The second kappa shape index (κ2) is 12.8. The van der Waals surface area contributed by atoms with Gasteiger partial charge in [0.1, 0.15) is 11.7 Å². The van der Waals surface area contributed by atoms with Crippen molar-refractivity contribution in [1.29, 1.82) is 0 Å². The molecule has 0 N–H and O–H groups in total. The Hall–Kier alpha value is -4.08. The van der Waals surface area contributed by atoms with Gasteiger partial charge in [-0.15, -0.1) is 0 Å². The molecule has 1 aliphatic heterocycles. The predicted octanol–water partition coefficient (Wildman–Crippen LogP) is 4.48. The molecule has 0 spiro atoms. The van der Waals surface area contributed by atoms with E-state index in [-0.39, 0.29) is 6.61 Å². The Kier molecular flexibility index (Phi) is 9.29. The number of esters is 3. The van der Waals surface area contributed by atoms with E-state index in [4.69, 9.17) is 23.7 Å². The summed E-state index contributed by atoms with van der Waals surface area (Å²) in [5.41, 5.74) is 1.21. The zero-order valence-corrected chi connectivity index (χ0v) is 22.4. The standard InChI is InChI=1S/C31H31FO8/c1-20(33)37-28-26(40-30(39-22(3)35)27(32)29(28)38-21(2)34)19-36-31(23-13-7-4-8-14-23,24-15-9-5-10-16-24)25-17-11-6-12-18-25/h4-18,26-30H,19H2,1-3H3/t26-,27+,28-,29-,30?/m1/s1. The van der Waals surface area contributed by atoms with Gasteiger partial charge in [0.2, 0.25) is 12.5 Å². The quantitative estimate of drug-likeness (QED) is 0.219. The summed E-state index contributed by atoms with van der Waals surface area (Å²) >= 11 is 0. The number of carbonyl (C=O) groups excluding carboxylic acids is 3. The molecule has 0 radical (unpaired) electrons. The van der Waals surface area contributed by atoms with Crippen LogP contribution < -0.4 is 0 Å². The Morgan fingerprint density at radius 3 is 1.48 bits per heavy atom. The fourth-order valence-electron chi connectivity index (χ4n) is 4.90. The molecule has 3 aromatic rings. The van der Waals surface area contributed by atoms with Crippen molar-refractivity contribution < 1.29 is 42.5 Å². The number of benzene rings is 3. The monoisotopic (exact) mass is 550 g/mol. The van der Waals surface area contributed by atoms with E-state index >= 15 is 4.39 Å². The van der Waals surface area contributed by atoms with Crippen molar-refractivity contribution in [3.63, 3.8) is 0 Å². The van der Waals surface area contributed by atoms with Crippen molar-refractivity contribution >= 4 is 17.9 Å². The van der Waals surface area contributed by atoms with Crippen LogP contribution >= 0.6 is 0 Å². The van der Waals surface area contributed by atoms with E-state index in [0.717, 1.165) is 37.5 Å². The van der Waals surface area contributed by atoms with Gasteiger partial charge >= 0.3 is 17.9 Å². The lowest BCUT2D eigenvalue weighted by Gasteiger charge is -2.43. The van der Waals surface area contributed by atoms with Gasteiger partial charge < -0.3 is 23.7 Å². The van der Waals surface area contributed by atoms with Crippen LogP contribution in [0, 0.1) is 0 Å². The van der Waals surface area contributed by atoms with Crippen molar-refractivity contribution in [2.75, 3.05) is 6.61 Å². The fourth-order valence-corrected chi connectivity index (χ4v) is 4.90. The number of hydrogen-bond acceptors (Lipinski definition) is 8. The zero-order chi connectivity index (χ0) is 28.7. The molecule has 9 heteroatoms. The number of hydrogen-bond donors (Lipinski definition) is 0. The van der Waals surface area contributed by atoms with Crippen LogP contribution in [0.15, 0.2) is 91.0 Å². The molecule has 0 aromatic heterocycles. The lowest BCUT2D eigenvalue weighted by Crippen LogP contribution is -2.61. The van der Waals surface area contributed by atoms with Gasteiger partial charge in [-0.25, -0.2) is 4.39 Å². The molecular weight excluding hydrogens is 519 g/mol. The van der Waals surface area contributed by atoms with E-state index in [9.17, 15) is 14.4 Å². The third-order valence-corrected chi connectivity index (χ3v) is 6.46. The van der Waals surface area contributed by atoms with E-state index in [1.165, 1.54) is 0 Å². The first-order valence-corrected chi connectivity index (χ1v) is 12.8. The van der Waals surface area contributed by atoms with E-state index in [0.29, 0.717) is 0 Å². The number of alkyl halides is 1. The Morgan fingerprint density at radius 2 is 1.07 bits per heavy atom. The summed E-state index contributed by atoms with van der Waals surface area (Å²) in [4.78, 5) is 35.7. The maximum Gasteiger partial charge on any atom is 0.305 e. The van der Waals surface area contributed by atoms with Gasteiger partial charge in [-0.05, 0) is 16.7 Å². The first kappa shape index (κ1) is 28.9. The topological polar surface area (TPSA) is 97.4 Å². The molecule has 210 valence electrons. The van der Waals surface area contributed by atoms with Crippen LogP contribution in [0.1, 0.15) is 37.5 Å². The number of rotatable bonds is 9. The van der Waals surface area contributed by atoms with Gasteiger partial charge in [0.15, 0.2) is 12.2 Å². The molecule has 0 amide bonds. The zero-order valence-electron chi connectivity index (χ0n) is 22.4. The SMILES string of the molecule is CC(=O)OC1O[C@H](COC(c2ccccc2)(c2ccccc2)c2ccccc2)[C@@H](OC(C)=O)[C@H](OC(C)=O)[C@@H]1F. The lowest BCUT2D eigenvalue weighted by atomic mass is 9.80. The van der Waals surface area contributed by atoms with Crippen LogP contribution in [0.25, 0.3) is 0 Å². The summed E-state index contributed by atoms with van der Waals surface area (Å²) in [5.74, 6) is -2.35. The lowest BCUT2D eigenvalue weighted by molar-refractivity contribution is -0.288. The highest BCUT2D eigenvalue weighted by atomic mass is 19.1. The Morgan fingerprint density at radius 1 is 0.675 bits per heavy atom.